The van der Waals surface area contributed by atoms with Crippen LogP contribution < -0.4 is 0 Å². The van der Waals surface area contributed by atoms with E-state index >= 15 is 0 Å². The van der Waals surface area contributed by atoms with Gasteiger partial charge in [0, 0.05) is 24.5 Å². The Labute approximate surface area is 147 Å². The maximum atomic E-state index is 12.8. The number of fused-ring (bicyclic) bond motifs is 1. The first-order valence-corrected chi connectivity index (χ1v) is 9.17. The maximum Gasteiger partial charge on any atom is 0.236 e. The molecule has 0 saturated heterocycles. The van der Waals surface area contributed by atoms with Crippen LogP contribution in [-0.4, -0.2) is 32.6 Å². The summed E-state index contributed by atoms with van der Waals surface area (Å²) in [6.45, 7) is 9.44. The minimum atomic E-state index is -0.184. The predicted octanol–water partition coefficient (Wildman–Crippen LogP) is 3.47. The molecule has 0 radical (unpaired) electrons. The molecular weight excluding hydrogens is 318 g/mol. The molecule has 4 nitrogen and oxygen atoms in total. The second kappa shape index (κ2) is 6.93. The Morgan fingerprint density at radius 3 is 2.42 bits per heavy atom. The number of thioether (sulfide) groups is 1. The highest BCUT2D eigenvalue weighted by Crippen LogP contribution is 2.25. The van der Waals surface area contributed by atoms with Crippen LogP contribution in [0.15, 0.2) is 29.4 Å². The molecule has 24 heavy (non-hydrogen) atoms. The third-order valence-electron chi connectivity index (χ3n) is 4.68. The van der Waals surface area contributed by atoms with Crippen molar-refractivity contribution in [1.29, 1.82) is 0 Å². The van der Waals surface area contributed by atoms with E-state index in [1.165, 1.54) is 22.9 Å². The summed E-state index contributed by atoms with van der Waals surface area (Å²) in [7, 11) is 0. The summed E-state index contributed by atoms with van der Waals surface area (Å²) in [5.41, 5.74) is 5.70. The van der Waals surface area contributed by atoms with Crippen molar-refractivity contribution in [2.45, 2.75) is 51.1 Å². The second-order valence-electron chi connectivity index (χ2n) is 6.34. The number of hydrogen-bond acceptors (Lipinski definition) is 4. The summed E-state index contributed by atoms with van der Waals surface area (Å²) < 4.78 is 0. The number of rotatable bonds is 3. The average molecular weight is 341 g/mol. The number of carbonyl (C=O) groups is 1. The summed E-state index contributed by atoms with van der Waals surface area (Å²) in [4.78, 5) is 23.8. The topological polar surface area (TPSA) is 46.1 Å². The van der Waals surface area contributed by atoms with Crippen molar-refractivity contribution in [3.63, 3.8) is 0 Å². The minimum absolute atomic E-state index is 0.161. The van der Waals surface area contributed by atoms with Crippen molar-refractivity contribution in [2.24, 2.45) is 0 Å². The lowest BCUT2D eigenvalue weighted by Gasteiger charge is -2.30. The summed E-state index contributed by atoms with van der Waals surface area (Å²) >= 11 is 1.45. The lowest BCUT2D eigenvalue weighted by Crippen LogP contribution is -2.40. The number of aromatic nitrogens is 2. The van der Waals surface area contributed by atoms with Gasteiger partial charge in [0.25, 0.3) is 0 Å². The molecule has 3 rings (SSSR count). The van der Waals surface area contributed by atoms with Crippen molar-refractivity contribution in [3.05, 3.63) is 52.3 Å². The van der Waals surface area contributed by atoms with Gasteiger partial charge in [-0.2, -0.15) is 0 Å². The highest BCUT2D eigenvalue weighted by Gasteiger charge is 2.26. The van der Waals surface area contributed by atoms with Crippen LogP contribution in [0.1, 0.15) is 35.0 Å². The fraction of sp³-hybridized carbons (Fsp3) is 0.421. The zero-order valence-corrected chi connectivity index (χ0v) is 15.5. The molecular formula is C19H23N3OS. The normalized spacial score (nSPS) is 15.1. The van der Waals surface area contributed by atoms with E-state index in [0.717, 1.165) is 29.9 Å². The minimum Gasteiger partial charge on any atom is -0.337 e. The lowest BCUT2D eigenvalue weighted by molar-refractivity contribution is -0.131. The van der Waals surface area contributed by atoms with E-state index < -0.39 is 0 Å². The number of hydrogen-bond donors (Lipinski definition) is 0. The van der Waals surface area contributed by atoms with Gasteiger partial charge in [0.05, 0.1) is 5.25 Å². The van der Waals surface area contributed by atoms with Crippen molar-refractivity contribution >= 4 is 17.7 Å². The molecule has 1 aromatic carbocycles. The molecule has 2 heterocycles. The first kappa shape index (κ1) is 17.0. The van der Waals surface area contributed by atoms with E-state index in [0.29, 0.717) is 11.7 Å². The van der Waals surface area contributed by atoms with Gasteiger partial charge in [0.15, 0.2) is 5.16 Å². The molecule has 1 unspecified atom stereocenters. The van der Waals surface area contributed by atoms with Crippen LogP contribution in [0.2, 0.25) is 0 Å². The van der Waals surface area contributed by atoms with Gasteiger partial charge < -0.3 is 4.90 Å². The first-order valence-electron chi connectivity index (χ1n) is 8.29. The lowest BCUT2D eigenvalue weighted by atomic mass is 10.00. The average Bonchev–Trinajstić information content (AvgIpc) is 2.58. The zero-order valence-electron chi connectivity index (χ0n) is 14.7. The molecule has 5 heteroatoms. The van der Waals surface area contributed by atoms with Crippen molar-refractivity contribution in [1.82, 2.24) is 14.9 Å². The first-order chi connectivity index (χ1) is 11.5. The molecule has 1 aliphatic heterocycles. The van der Waals surface area contributed by atoms with E-state index in [1.807, 2.05) is 38.7 Å². The van der Waals surface area contributed by atoms with Crippen molar-refractivity contribution in [2.75, 3.05) is 6.54 Å². The Bertz CT molecular complexity index is 752. The molecule has 126 valence electrons. The number of benzene rings is 1. The van der Waals surface area contributed by atoms with E-state index in [1.54, 1.807) is 0 Å². The maximum absolute atomic E-state index is 12.8. The largest absolute Gasteiger partial charge is 0.337 e. The number of amides is 1. The monoisotopic (exact) mass is 341 g/mol. The fourth-order valence-corrected chi connectivity index (χ4v) is 3.89. The number of aryl methyl sites for hydroxylation is 2. The standard InChI is InChI=1S/C19H23N3OS/c1-12-13(2)20-19(21-14(12)3)24-15(4)18(23)22-10-9-16-7-5-6-8-17(16)11-22/h5-8,15H,9-11H2,1-4H3. The molecule has 0 saturated carbocycles. The van der Waals surface area contributed by atoms with Gasteiger partial charge in [0.2, 0.25) is 5.91 Å². The summed E-state index contributed by atoms with van der Waals surface area (Å²) in [5, 5.41) is 0.505. The van der Waals surface area contributed by atoms with Crippen LogP contribution >= 0.6 is 11.8 Å². The highest BCUT2D eigenvalue weighted by atomic mass is 32.2. The molecule has 0 aliphatic carbocycles. The Balaban J connectivity index is 1.70. The SMILES string of the molecule is Cc1nc(SC(C)C(=O)N2CCc3ccccc3C2)nc(C)c1C. The predicted molar refractivity (Wildman–Crippen MR) is 97.1 cm³/mol. The Hall–Kier alpha value is -1.88. The van der Waals surface area contributed by atoms with Gasteiger partial charge in [-0.3, -0.25) is 4.79 Å². The Kier molecular flexibility index (Phi) is 4.90. The van der Waals surface area contributed by atoms with Gasteiger partial charge in [-0.1, -0.05) is 36.0 Å². The van der Waals surface area contributed by atoms with E-state index in [4.69, 9.17) is 0 Å². The summed E-state index contributed by atoms with van der Waals surface area (Å²) in [5.74, 6) is 0.161. The molecule has 1 aliphatic rings. The highest BCUT2D eigenvalue weighted by molar-refractivity contribution is 8.00. The van der Waals surface area contributed by atoms with Crippen LogP contribution in [0, 0.1) is 20.8 Å². The molecule has 0 N–H and O–H groups in total. The van der Waals surface area contributed by atoms with Gasteiger partial charge in [0.1, 0.15) is 0 Å². The van der Waals surface area contributed by atoms with Crippen LogP contribution in [0.5, 0.6) is 0 Å². The molecule has 0 spiro atoms. The van der Waals surface area contributed by atoms with Crippen LogP contribution in [0.3, 0.4) is 0 Å². The van der Waals surface area contributed by atoms with E-state index in [2.05, 4.69) is 28.2 Å². The third-order valence-corrected chi connectivity index (χ3v) is 5.63. The van der Waals surface area contributed by atoms with Gasteiger partial charge in [-0.05, 0) is 50.8 Å². The Morgan fingerprint density at radius 1 is 1.12 bits per heavy atom. The third kappa shape index (κ3) is 3.46. The van der Waals surface area contributed by atoms with Gasteiger partial charge in [-0.25, -0.2) is 9.97 Å². The molecule has 2 aromatic rings. The van der Waals surface area contributed by atoms with Crippen LogP contribution in [0.4, 0.5) is 0 Å². The fourth-order valence-electron chi connectivity index (χ4n) is 2.94. The molecule has 0 fully saturated rings. The smallest absolute Gasteiger partial charge is 0.236 e. The molecule has 0 bridgehead atoms. The number of nitrogens with zero attached hydrogens (tertiary/aromatic N) is 3. The van der Waals surface area contributed by atoms with Crippen molar-refractivity contribution < 1.29 is 4.79 Å². The Morgan fingerprint density at radius 2 is 1.75 bits per heavy atom. The van der Waals surface area contributed by atoms with Crippen LogP contribution in [0.25, 0.3) is 0 Å². The molecule has 1 atom stereocenters. The molecule has 1 amide bonds. The second-order valence-corrected chi connectivity index (χ2v) is 7.65. The quantitative estimate of drug-likeness (QED) is 0.633. The van der Waals surface area contributed by atoms with E-state index in [9.17, 15) is 4.79 Å². The van der Waals surface area contributed by atoms with Crippen LogP contribution in [-0.2, 0) is 17.8 Å². The number of carbonyl (C=O) groups excluding carboxylic acids is 1. The van der Waals surface area contributed by atoms with Crippen molar-refractivity contribution in [3.8, 4) is 0 Å². The summed E-state index contributed by atoms with van der Waals surface area (Å²) in [6, 6.07) is 8.37. The zero-order chi connectivity index (χ0) is 17.3. The van der Waals surface area contributed by atoms with Gasteiger partial charge >= 0.3 is 0 Å². The summed E-state index contributed by atoms with van der Waals surface area (Å²) in [6.07, 6.45) is 0.929. The molecule has 1 aromatic heterocycles. The van der Waals surface area contributed by atoms with Gasteiger partial charge in [-0.15, -0.1) is 0 Å². The van der Waals surface area contributed by atoms with E-state index in [-0.39, 0.29) is 11.2 Å².